The number of amides is 2. The van der Waals surface area contributed by atoms with E-state index in [-0.39, 0.29) is 17.4 Å². The largest absolute Gasteiger partial charge is 0.418 e. The first-order chi connectivity index (χ1) is 13.3. The normalized spacial score (nSPS) is 15.4. The van der Waals surface area contributed by atoms with Gasteiger partial charge >= 0.3 is 12.2 Å². The molecule has 1 aliphatic rings. The van der Waals surface area contributed by atoms with Crippen LogP contribution in [0.2, 0.25) is 0 Å². The molecule has 2 aromatic carbocycles. The SMILES string of the molecule is Cc1ccc(C(=O)C2CCN(C(=O)Nc3ccccc3C(F)(F)F)CC2)cc1. The maximum absolute atomic E-state index is 13.1. The van der Waals surface area contributed by atoms with E-state index in [2.05, 4.69) is 5.32 Å². The summed E-state index contributed by atoms with van der Waals surface area (Å²) in [4.78, 5) is 26.4. The number of ketones is 1. The lowest BCUT2D eigenvalue weighted by Gasteiger charge is -2.31. The van der Waals surface area contributed by atoms with E-state index < -0.39 is 17.8 Å². The first-order valence-electron chi connectivity index (χ1n) is 9.09. The molecule has 1 saturated heterocycles. The van der Waals surface area contributed by atoms with E-state index in [1.54, 1.807) is 12.1 Å². The molecule has 1 aliphatic heterocycles. The number of rotatable bonds is 3. The highest BCUT2D eigenvalue weighted by Crippen LogP contribution is 2.34. The number of halogens is 3. The van der Waals surface area contributed by atoms with Gasteiger partial charge < -0.3 is 10.2 Å². The van der Waals surface area contributed by atoms with Gasteiger partial charge in [0, 0.05) is 24.6 Å². The number of Topliss-reactive ketones (excluding diaryl/α,β-unsaturated/α-hetero) is 1. The summed E-state index contributed by atoms with van der Waals surface area (Å²) in [5.41, 5.74) is 0.570. The second-order valence-corrected chi connectivity index (χ2v) is 6.97. The Balaban J connectivity index is 1.60. The molecule has 0 radical (unpaired) electrons. The number of alkyl halides is 3. The average molecular weight is 390 g/mol. The number of benzene rings is 2. The van der Waals surface area contributed by atoms with E-state index in [9.17, 15) is 22.8 Å². The smallest absolute Gasteiger partial charge is 0.324 e. The predicted octanol–water partition coefficient (Wildman–Crippen LogP) is 5.14. The van der Waals surface area contributed by atoms with Gasteiger partial charge in [-0.3, -0.25) is 4.79 Å². The quantitative estimate of drug-likeness (QED) is 0.738. The van der Waals surface area contributed by atoms with Crippen LogP contribution in [-0.4, -0.2) is 29.8 Å². The third-order valence-electron chi connectivity index (χ3n) is 4.96. The lowest BCUT2D eigenvalue weighted by Crippen LogP contribution is -2.42. The topological polar surface area (TPSA) is 49.4 Å². The zero-order valence-corrected chi connectivity index (χ0v) is 15.4. The molecule has 0 saturated carbocycles. The standard InChI is InChI=1S/C21H21F3N2O2/c1-14-6-8-15(9-7-14)19(27)16-10-12-26(13-11-16)20(28)25-18-5-3-2-4-17(18)21(22,23)24/h2-9,16H,10-13H2,1H3,(H,25,28). The summed E-state index contributed by atoms with van der Waals surface area (Å²) in [6.07, 6.45) is -3.57. The number of hydrogen-bond acceptors (Lipinski definition) is 2. The molecule has 148 valence electrons. The van der Waals surface area contributed by atoms with E-state index in [4.69, 9.17) is 0 Å². The molecule has 28 heavy (non-hydrogen) atoms. The van der Waals surface area contributed by atoms with Crippen molar-refractivity contribution in [2.24, 2.45) is 5.92 Å². The highest BCUT2D eigenvalue weighted by Gasteiger charge is 2.34. The Morgan fingerprint density at radius 2 is 1.61 bits per heavy atom. The summed E-state index contributed by atoms with van der Waals surface area (Å²) in [5, 5.41) is 2.35. The molecule has 2 amide bonds. The molecule has 3 rings (SSSR count). The number of urea groups is 1. The lowest BCUT2D eigenvalue weighted by molar-refractivity contribution is -0.136. The van der Waals surface area contributed by atoms with Crippen LogP contribution in [0.25, 0.3) is 0 Å². The Kier molecular flexibility index (Phi) is 5.72. The number of aryl methyl sites for hydroxylation is 1. The van der Waals surface area contributed by atoms with Crippen molar-refractivity contribution < 1.29 is 22.8 Å². The van der Waals surface area contributed by atoms with Gasteiger partial charge in [0.1, 0.15) is 0 Å². The van der Waals surface area contributed by atoms with Crippen molar-refractivity contribution in [3.05, 3.63) is 65.2 Å². The maximum atomic E-state index is 13.1. The van der Waals surface area contributed by atoms with Crippen LogP contribution in [0.15, 0.2) is 48.5 Å². The van der Waals surface area contributed by atoms with Crippen LogP contribution < -0.4 is 5.32 Å². The van der Waals surface area contributed by atoms with Crippen molar-refractivity contribution in [1.29, 1.82) is 0 Å². The third-order valence-corrected chi connectivity index (χ3v) is 4.96. The molecule has 1 heterocycles. The fourth-order valence-electron chi connectivity index (χ4n) is 3.33. The summed E-state index contributed by atoms with van der Waals surface area (Å²) in [6.45, 7) is 2.59. The highest BCUT2D eigenvalue weighted by atomic mass is 19.4. The Labute approximate surface area is 161 Å². The number of nitrogens with one attached hydrogen (secondary N) is 1. The molecule has 0 atom stereocenters. The molecule has 0 spiro atoms. The van der Waals surface area contributed by atoms with Crippen LogP contribution in [0.3, 0.4) is 0 Å². The number of para-hydroxylation sites is 1. The molecule has 1 N–H and O–H groups in total. The molecule has 0 bridgehead atoms. The minimum Gasteiger partial charge on any atom is -0.324 e. The summed E-state index contributed by atoms with van der Waals surface area (Å²) >= 11 is 0. The van der Waals surface area contributed by atoms with E-state index in [1.807, 2.05) is 19.1 Å². The van der Waals surface area contributed by atoms with Crippen LogP contribution in [-0.2, 0) is 6.18 Å². The number of nitrogens with zero attached hydrogens (tertiary/aromatic N) is 1. The average Bonchev–Trinajstić information content (AvgIpc) is 2.68. The molecular formula is C21H21F3N2O2. The van der Waals surface area contributed by atoms with Crippen LogP contribution in [0.4, 0.5) is 23.7 Å². The molecule has 0 aromatic heterocycles. The Bertz CT molecular complexity index is 855. The first kappa shape index (κ1) is 19.9. The third kappa shape index (κ3) is 4.52. The predicted molar refractivity (Wildman–Crippen MR) is 100 cm³/mol. The van der Waals surface area contributed by atoms with E-state index in [0.717, 1.165) is 11.6 Å². The van der Waals surface area contributed by atoms with Gasteiger partial charge in [0.2, 0.25) is 0 Å². The van der Waals surface area contributed by atoms with Crippen LogP contribution in [0, 0.1) is 12.8 Å². The number of carbonyl (C=O) groups is 2. The van der Waals surface area contributed by atoms with Crippen LogP contribution in [0.5, 0.6) is 0 Å². The van der Waals surface area contributed by atoms with Gasteiger partial charge in [-0.1, -0.05) is 42.0 Å². The van der Waals surface area contributed by atoms with Crippen LogP contribution >= 0.6 is 0 Å². The van der Waals surface area contributed by atoms with Crippen molar-refractivity contribution in [3.8, 4) is 0 Å². The summed E-state index contributed by atoms with van der Waals surface area (Å²) in [6, 6.07) is 11.7. The number of anilines is 1. The monoisotopic (exact) mass is 390 g/mol. The Morgan fingerprint density at radius 3 is 2.21 bits per heavy atom. The van der Waals surface area contributed by atoms with Crippen molar-refractivity contribution in [2.75, 3.05) is 18.4 Å². The van der Waals surface area contributed by atoms with Gasteiger partial charge in [0.15, 0.2) is 5.78 Å². The second kappa shape index (κ2) is 8.04. The number of likely N-dealkylation sites (tertiary alicyclic amines) is 1. The molecule has 0 aliphatic carbocycles. The number of hydrogen-bond donors (Lipinski definition) is 1. The lowest BCUT2D eigenvalue weighted by atomic mass is 9.89. The van der Waals surface area contributed by atoms with Crippen LogP contribution in [0.1, 0.15) is 34.3 Å². The molecule has 4 nitrogen and oxygen atoms in total. The maximum Gasteiger partial charge on any atom is 0.418 e. The van der Waals surface area contributed by atoms with Gasteiger partial charge in [-0.2, -0.15) is 13.2 Å². The van der Waals surface area contributed by atoms with Gasteiger partial charge in [-0.15, -0.1) is 0 Å². The van der Waals surface area contributed by atoms with Crippen molar-refractivity contribution >= 4 is 17.5 Å². The molecule has 2 aromatic rings. The van der Waals surface area contributed by atoms with E-state index >= 15 is 0 Å². The minimum absolute atomic E-state index is 0.0440. The fourth-order valence-corrected chi connectivity index (χ4v) is 3.33. The van der Waals surface area contributed by atoms with Gasteiger partial charge in [-0.05, 0) is 31.9 Å². The highest BCUT2D eigenvalue weighted by molar-refractivity contribution is 5.98. The molecule has 7 heteroatoms. The molecular weight excluding hydrogens is 369 g/mol. The number of carbonyl (C=O) groups excluding carboxylic acids is 2. The van der Waals surface area contributed by atoms with Crippen molar-refractivity contribution in [3.63, 3.8) is 0 Å². The Hall–Kier alpha value is -2.83. The van der Waals surface area contributed by atoms with Gasteiger partial charge in [0.25, 0.3) is 0 Å². The molecule has 1 fully saturated rings. The summed E-state index contributed by atoms with van der Waals surface area (Å²) in [7, 11) is 0. The first-order valence-corrected chi connectivity index (χ1v) is 9.09. The minimum atomic E-state index is -4.54. The Morgan fingerprint density at radius 1 is 1.00 bits per heavy atom. The second-order valence-electron chi connectivity index (χ2n) is 6.97. The van der Waals surface area contributed by atoms with Gasteiger partial charge in [-0.25, -0.2) is 4.79 Å². The van der Waals surface area contributed by atoms with E-state index in [0.29, 0.717) is 31.5 Å². The van der Waals surface area contributed by atoms with Crippen molar-refractivity contribution in [2.45, 2.75) is 25.9 Å². The molecule has 0 unspecified atom stereocenters. The number of piperidine rings is 1. The fraction of sp³-hybridized carbons (Fsp3) is 0.333. The zero-order chi connectivity index (χ0) is 20.3. The van der Waals surface area contributed by atoms with Crippen molar-refractivity contribution in [1.82, 2.24) is 4.90 Å². The summed E-state index contributed by atoms with van der Waals surface area (Å²) < 4.78 is 39.2. The zero-order valence-electron chi connectivity index (χ0n) is 15.4. The van der Waals surface area contributed by atoms with Gasteiger partial charge in [0.05, 0.1) is 11.3 Å². The summed E-state index contributed by atoms with van der Waals surface area (Å²) in [5.74, 6) is -0.142. The van der Waals surface area contributed by atoms with E-state index in [1.165, 1.54) is 23.1 Å².